The maximum absolute atomic E-state index is 2.49. The van der Waals surface area contributed by atoms with Crippen molar-refractivity contribution in [1.82, 2.24) is 0 Å². The van der Waals surface area contributed by atoms with E-state index < -0.39 is 0 Å². The molecule has 9 aromatic carbocycles. The van der Waals surface area contributed by atoms with Crippen LogP contribution in [0.1, 0.15) is 0 Å². The SMILES string of the molecule is c1ccc(-c2ccc(-c3c(N(c4ccc(-c5ccccc5)cc4)c4ccccc4-c4ccc5c(c4)sc4ccccc45)ccc4sc5ccccc5c34)cc2)cc1. The Kier molecular flexibility index (Phi) is 8.28. The lowest BCUT2D eigenvalue weighted by Crippen LogP contribution is -2.12. The number of hydrogen-bond donors (Lipinski definition) is 0. The lowest BCUT2D eigenvalue weighted by Gasteiger charge is -2.30. The van der Waals surface area contributed by atoms with E-state index in [4.69, 9.17) is 0 Å². The molecule has 0 radical (unpaired) electrons. The average Bonchev–Trinajstić information content (AvgIpc) is 3.86. The van der Waals surface area contributed by atoms with Gasteiger partial charge in [0.05, 0.1) is 11.4 Å². The van der Waals surface area contributed by atoms with Crippen molar-refractivity contribution in [3.8, 4) is 44.5 Å². The number of anilines is 3. The number of fused-ring (bicyclic) bond motifs is 6. The Bertz CT molecular complexity index is 3210. The summed E-state index contributed by atoms with van der Waals surface area (Å²) < 4.78 is 5.19. The standard InChI is InChI=1S/C54H35NS2/c1-3-13-36(14-4-1)38-23-25-40(26-24-38)53-48(33-34-51-54(53)46-19-9-12-22-50(46)56-51)55(42-30-27-39(28-31-42)37-15-5-2-6-16-37)47-20-10-7-17-43(47)41-29-32-45-44-18-8-11-21-49(44)57-52(45)35-41/h1-35H. The second-order valence-electron chi connectivity index (χ2n) is 14.4. The fraction of sp³-hybridized carbons (Fsp3) is 0. The molecule has 0 bridgehead atoms. The van der Waals surface area contributed by atoms with Crippen LogP contribution in [0.5, 0.6) is 0 Å². The molecule has 0 amide bonds. The summed E-state index contributed by atoms with van der Waals surface area (Å²) in [6.07, 6.45) is 0. The van der Waals surface area contributed by atoms with Gasteiger partial charge in [-0.15, -0.1) is 22.7 Å². The number of nitrogens with zero attached hydrogens (tertiary/aromatic N) is 1. The molecule has 268 valence electrons. The highest BCUT2D eigenvalue weighted by molar-refractivity contribution is 7.26. The minimum absolute atomic E-state index is 1.10. The predicted molar refractivity (Wildman–Crippen MR) is 249 cm³/mol. The fourth-order valence-electron chi connectivity index (χ4n) is 8.39. The minimum atomic E-state index is 1.10. The smallest absolute Gasteiger partial charge is 0.0547 e. The van der Waals surface area contributed by atoms with Crippen LogP contribution in [0, 0.1) is 0 Å². The van der Waals surface area contributed by atoms with Crippen LogP contribution in [-0.4, -0.2) is 0 Å². The van der Waals surface area contributed by atoms with E-state index in [-0.39, 0.29) is 0 Å². The Hall–Kier alpha value is -6.78. The van der Waals surface area contributed by atoms with E-state index >= 15 is 0 Å². The second-order valence-corrected chi connectivity index (χ2v) is 16.6. The molecule has 0 saturated heterocycles. The maximum Gasteiger partial charge on any atom is 0.0547 e. The van der Waals surface area contributed by atoms with Crippen LogP contribution in [0.15, 0.2) is 212 Å². The van der Waals surface area contributed by atoms with Crippen LogP contribution < -0.4 is 4.90 Å². The van der Waals surface area contributed by atoms with Crippen molar-refractivity contribution in [2.24, 2.45) is 0 Å². The number of thiophene rings is 2. The van der Waals surface area contributed by atoms with E-state index in [2.05, 4.69) is 217 Å². The van der Waals surface area contributed by atoms with E-state index in [1.165, 1.54) is 84.9 Å². The van der Waals surface area contributed by atoms with Crippen LogP contribution in [-0.2, 0) is 0 Å². The largest absolute Gasteiger partial charge is 0.309 e. The molecule has 0 aliphatic carbocycles. The summed E-state index contributed by atoms with van der Waals surface area (Å²) in [6, 6.07) is 77.7. The molecule has 2 heterocycles. The van der Waals surface area contributed by atoms with Crippen LogP contribution in [0.25, 0.3) is 84.9 Å². The molecule has 57 heavy (non-hydrogen) atoms. The molecule has 11 rings (SSSR count). The van der Waals surface area contributed by atoms with Gasteiger partial charge >= 0.3 is 0 Å². The zero-order chi connectivity index (χ0) is 37.7. The Labute approximate surface area is 340 Å². The summed E-state index contributed by atoms with van der Waals surface area (Å²) in [7, 11) is 0. The Morgan fingerprint density at radius 3 is 1.53 bits per heavy atom. The van der Waals surface area contributed by atoms with E-state index in [1.807, 2.05) is 22.7 Å². The number of benzene rings is 9. The normalized spacial score (nSPS) is 11.5. The third kappa shape index (κ3) is 5.91. The van der Waals surface area contributed by atoms with Crippen LogP contribution in [0.2, 0.25) is 0 Å². The quantitative estimate of drug-likeness (QED) is 0.156. The molecule has 0 spiro atoms. The van der Waals surface area contributed by atoms with E-state index in [9.17, 15) is 0 Å². The van der Waals surface area contributed by atoms with Crippen molar-refractivity contribution in [2.45, 2.75) is 0 Å². The van der Waals surface area contributed by atoms with Gasteiger partial charge in [-0.3, -0.25) is 0 Å². The maximum atomic E-state index is 2.49. The molecule has 2 aromatic heterocycles. The Morgan fingerprint density at radius 2 is 0.807 bits per heavy atom. The van der Waals surface area contributed by atoms with Crippen molar-refractivity contribution in [1.29, 1.82) is 0 Å². The van der Waals surface area contributed by atoms with Crippen LogP contribution in [0.4, 0.5) is 17.1 Å². The number of rotatable bonds is 7. The van der Waals surface area contributed by atoms with E-state index in [1.54, 1.807) is 0 Å². The first kappa shape index (κ1) is 33.5. The van der Waals surface area contributed by atoms with Crippen LogP contribution in [0.3, 0.4) is 0 Å². The summed E-state index contributed by atoms with van der Waals surface area (Å²) in [4.78, 5) is 2.49. The Balaban J connectivity index is 1.17. The lowest BCUT2D eigenvalue weighted by molar-refractivity contribution is 1.29. The lowest BCUT2D eigenvalue weighted by atomic mass is 9.93. The van der Waals surface area contributed by atoms with Crippen molar-refractivity contribution in [2.75, 3.05) is 4.90 Å². The molecule has 0 unspecified atom stereocenters. The fourth-order valence-corrected chi connectivity index (χ4v) is 10.7. The summed E-state index contributed by atoms with van der Waals surface area (Å²) in [5.74, 6) is 0. The van der Waals surface area contributed by atoms with E-state index in [0.29, 0.717) is 0 Å². The second kappa shape index (κ2) is 14.1. The van der Waals surface area contributed by atoms with Gasteiger partial charge in [0, 0.05) is 57.2 Å². The summed E-state index contributed by atoms with van der Waals surface area (Å²) >= 11 is 3.73. The number of para-hydroxylation sites is 1. The van der Waals surface area contributed by atoms with Crippen molar-refractivity contribution < 1.29 is 0 Å². The molecule has 0 atom stereocenters. The van der Waals surface area contributed by atoms with Gasteiger partial charge in [-0.1, -0.05) is 164 Å². The molecule has 3 heteroatoms. The third-order valence-electron chi connectivity index (χ3n) is 11.1. The zero-order valence-corrected chi connectivity index (χ0v) is 32.6. The molecule has 0 N–H and O–H groups in total. The van der Waals surface area contributed by atoms with Gasteiger partial charge in [0.1, 0.15) is 0 Å². The molecule has 1 nitrogen and oxygen atoms in total. The number of hydrogen-bond acceptors (Lipinski definition) is 3. The molecule has 0 saturated carbocycles. The van der Waals surface area contributed by atoms with Gasteiger partial charge in [0.25, 0.3) is 0 Å². The highest BCUT2D eigenvalue weighted by atomic mass is 32.1. The molecular weight excluding hydrogens is 727 g/mol. The first-order valence-corrected chi connectivity index (χ1v) is 21.0. The molecule has 0 fully saturated rings. The molecule has 0 aliphatic heterocycles. The average molecular weight is 762 g/mol. The summed E-state index contributed by atoms with van der Waals surface area (Å²) in [5, 5.41) is 5.19. The minimum Gasteiger partial charge on any atom is -0.309 e. The first-order chi connectivity index (χ1) is 28.3. The van der Waals surface area contributed by atoms with Crippen LogP contribution >= 0.6 is 22.7 Å². The zero-order valence-electron chi connectivity index (χ0n) is 31.0. The predicted octanol–water partition coefficient (Wildman–Crippen LogP) is 16.6. The molecule has 0 aliphatic rings. The monoisotopic (exact) mass is 761 g/mol. The Morgan fingerprint density at radius 1 is 0.298 bits per heavy atom. The van der Waals surface area contributed by atoms with Crippen molar-refractivity contribution in [3.63, 3.8) is 0 Å². The highest BCUT2D eigenvalue weighted by Crippen LogP contribution is 2.51. The van der Waals surface area contributed by atoms with Gasteiger partial charge in [0.2, 0.25) is 0 Å². The first-order valence-electron chi connectivity index (χ1n) is 19.3. The van der Waals surface area contributed by atoms with E-state index in [0.717, 1.165) is 17.1 Å². The van der Waals surface area contributed by atoms with Gasteiger partial charge in [-0.2, -0.15) is 0 Å². The van der Waals surface area contributed by atoms with Gasteiger partial charge in [-0.25, -0.2) is 0 Å². The summed E-state index contributed by atoms with van der Waals surface area (Å²) in [5.41, 5.74) is 13.0. The molecular formula is C54H35NS2. The van der Waals surface area contributed by atoms with Gasteiger partial charge in [0.15, 0.2) is 0 Å². The summed E-state index contributed by atoms with van der Waals surface area (Å²) in [6.45, 7) is 0. The highest BCUT2D eigenvalue weighted by Gasteiger charge is 2.24. The third-order valence-corrected chi connectivity index (χ3v) is 13.4. The van der Waals surface area contributed by atoms with Gasteiger partial charge < -0.3 is 4.90 Å². The van der Waals surface area contributed by atoms with Crippen molar-refractivity contribution in [3.05, 3.63) is 212 Å². The molecule has 11 aromatic rings. The van der Waals surface area contributed by atoms with Gasteiger partial charge in [-0.05, 0) is 81.9 Å². The topological polar surface area (TPSA) is 3.24 Å². The van der Waals surface area contributed by atoms with Crippen molar-refractivity contribution >= 4 is 80.1 Å².